The standard InChI is InChI=1S/C9H12ClN4/c1-14(2)8-5-3-4-7(9(8)10)6-12-13-11/h3-5H,6H2,1-2H3,(H-,11,12)/q-1. The Morgan fingerprint density at radius 1 is 1.50 bits per heavy atom. The van der Waals surface area contributed by atoms with Crippen LogP contribution in [0.25, 0.3) is 5.43 Å². The van der Waals surface area contributed by atoms with E-state index in [1.165, 1.54) is 0 Å². The summed E-state index contributed by atoms with van der Waals surface area (Å²) in [6, 6.07) is 5.73. The minimum Gasteiger partial charge on any atom is -0.398 e. The highest BCUT2D eigenvalue weighted by atomic mass is 35.5. The van der Waals surface area contributed by atoms with E-state index in [4.69, 9.17) is 17.1 Å². The molecule has 14 heavy (non-hydrogen) atoms. The van der Waals surface area contributed by atoms with Gasteiger partial charge in [-0.3, -0.25) is 5.22 Å². The molecule has 4 nitrogen and oxygen atoms in total. The van der Waals surface area contributed by atoms with Gasteiger partial charge in [0.1, 0.15) is 0 Å². The Bertz CT molecular complexity index is 325. The Kier molecular flexibility index (Phi) is 3.71. The molecular formula is C9H12ClN4-. The van der Waals surface area contributed by atoms with Gasteiger partial charge in [-0.2, -0.15) is 0 Å². The molecule has 0 spiro atoms. The quantitative estimate of drug-likeness (QED) is 0.603. The van der Waals surface area contributed by atoms with Crippen LogP contribution in [-0.2, 0) is 6.54 Å². The van der Waals surface area contributed by atoms with Crippen LogP contribution in [0.2, 0.25) is 5.02 Å². The Morgan fingerprint density at radius 2 is 2.21 bits per heavy atom. The zero-order valence-corrected chi connectivity index (χ0v) is 8.91. The van der Waals surface area contributed by atoms with Crippen molar-refractivity contribution < 1.29 is 0 Å². The van der Waals surface area contributed by atoms with Gasteiger partial charge in [0, 0.05) is 14.1 Å². The van der Waals surface area contributed by atoms with E-state index < -0.39 is 0 Å². The number of anilines is 1. The summed E-state index contributed by atoms with van der Waals surface area (Å²) in [7, 11) is 3.86. The third kappa shape index (κ3) is 2.35. The van der Waals surface area contributed by atoms with E-state index >= 15 is 0 Å². The fourth-order valence-corrected chi connectivity index (χ4v) is 1.50. The fourth-order valence-electron chi connectivity index (χ4n) is 1.15. The van der Waals surface area contributed by atoms with Crippen molar-refractivity contribution in [2.45, 2.75) is 6.54 Å². The van der Waals surface area contributed by atoms with Crippen molar-refractivity contribution in [3.63, 3.8) is 0 Å². The summed E-state index contributed by atoms with van der Waals surface area (Å²) >= 11 is 6.13. The molecule has 0 bridgehead atoms. The van der Waals surface area contributed by atoms with Gasteiger partial charge >= 0.3 is 0 Å². The van der Waals surface area contributed by atoms with Gasteiger partial charge in [-0.25, -0.2) is 0 Å². The highest BCUT2D eigenvalue weighted by Crippen LogP contribution is 2.28. The van der Waals surface area contributed by atoms with Gasteiger partial charge in [0.05, 0.1) is 10.7 Å². The topological polar surface area (TPSA) is 53.6 Å². The molecule has 0 heterocycles. The van der Waals surface area contributed by atoms with Crippen LogP contribution in [-0.4, -0.2) is 14.1 Å². The number of benzene rings is 1. The molecule has 0 atom stereocenters. The minimum absolute atomic E-state index is 0.351. The predicted octanol–water partition coefficient (Wildman–Crippen LogP) is 3.23. The first kappa shape index (κ1) is 10.8. The van der Waals surface area contributed by atoms with Gasteiger partial charge in [0.15, 0.2) is 0 Å². The van der Waals surface area contributed by atoms with Crippen LogP contribution in [0.4, 0.5) is 5.69 Å². The molecule has 0 aliphatic heterocycles. The smallest absolute Gasteiger partial charge is 0.0670 e. The Labute approximate surface area is 88.3 Å². The average molecular weight is 212 g/mol. The third-order valence-corrected chi connectivity index (χ3v) is 2.29. The second-order valence-corrected chi connectivity index (χ2v) is 3.42. The van der Waals surface area contributed by atoms with Crippen molar-refractivity contribution in [1.82, 2.24) is 0 Å². The Hall–Kier alpha value is -1.29. The van der Waals surface area contributed by atoms with Gasteiger partial charge in [0.2, 0.25) is 0 Å². The molecule has 0 saturated carbocycles. The van der Waals surface area contributed by atoms with Crippen LogP contribution in [0.15, 0.2) is 23.4 Å². The average Bonchev–Trinajstić information content (AvgIpc) is 2.16. The van der Waals surface area contributed by atoms with Gasteiger partial charge in [0.25, 0.3) is 0 Å². The molecule has 5 heteroatoms. The van der Waals surface area contributed by atoms with Gasteiger partial charge in [-0.15, -0.1) is 0 Å². The van der Waals surface area contributed by atoms with E-state index in [2.05, 4.69) is 10.6 Å². The summed E-state index contributed by atoms with van der Waals surface area (Å²) in [6.07, 6.45) is 0. The van der Waals surface area contributed by atoms with E-state index in [-0.39, 0.29) is 0 Å². The molecule has 0 fully saturated rings. The predicted molar refractivity (Wildman–Crippen MR) is 58.0 cm³/mol. The maximum absolute atomic E-state index is 6.57. The largest absolute Gasteiger partial charge is 0.398 e. The van der Waals surface area contributed by atoms with Crippen molar-refractivity contribution in [3.8, 4) is 0 Å². The SMILES string of the molecule is CN(C)c1cccc(C[N-]N=N)c1Cl. The number of rotatable bonds is 4. The normalized spacial score (nSPS) is 9.64. The highest BCUT2D eigenvalue weighted by molar-refractivity contribution is 6.34. The van der Waals surface area contributed by atoms with Crippen molar-refractivity contribution in [1.29, 1.82) is 5.53 Å². The molecule has 76 valence electrons. The lowest BCUT2D eigenvalue weighted by molar-refractivity contribution is 0.997. The van der Waals surface area contributed by atoms with E-state index in [9.17, 15) is 0 Å². The highest BCUT2D eigenvalue weighted by Gasteiger charge is 2.05. The monoisotopic (exact) mass is 211 g/mol. The third-order valence-electron chi connectivity index (χ3n) is 1.85. The maximum atomic E-state index is 6.57. The first-order chi connectivity index (χ1) is 6.66. The summed E-state index contributed by atoms with van der Waals surface area (Å²) in [5.41, 5.74) is 12.0. The molecule has 1 N–H and O–H groups in total. The molecule has 0 unspecified atom stereocenters. The number of halogens is 1. The van der Waals surface area contributed by atoms with Gasteiger partial charge in [-0.1, -0.05) is 23.7 Å². The van der Waals surface area contributed by atoms with Crippen LogP contribution in [0.5, 0.6) is 0 Å². The van der Waals surface area contributed by atoms with Crippen LogP contribution >= 0.6 is 11.6 Å². The molecule has 0 radical (unpaired) electrons. The first-order valence-electron chi connectivity index (χ1n) is 4.14. The van der Waals surface area contributed by atoms with Gasteiger partial charge < -0.3 is 15.9 Å². The first-order valence-corrected chi connectivity index (χ1v) is 4.52. The molecule has 1 aromatic rings. The van der Waals surface area contributed by atoms with Crippen LogP contribution in [0, 0.1) is 5.53 Å². The second-order valence-electron chi connectivity index (χ2n) is 3.04. The van der Waals surface area contributed by atoms with E-state index in [1.807, 2.05) is 37.2 Å². The number of hydrogen-bond acceptors (Lipinski definition) is 3. The zero-order chi connectivity index (χ0) is 10.6. The second kappa shape index (κ2) is 4.81. The summed E-state index contributed by atoms with van der Waals surface area (Å²) in [5, 5.41) is 3.62. The molecular weight excluding hydrogens is 200 g/mol. The van der Waals surface area contributed by atoms with Crippen molar-refractivity contribution >= 4 is 17.3 Å². The van der Waals surface area contributed by atoms with Crippen molar-refractivity contribution in [2.24, 2.45) is 5.22 Å². The maximum Gasteiger partial charge on any atom is 0.0670 e. The summed E-state index contributed by atoms with van der Waals surface area (Å²) < 4.78 is 0. The van der Waals surface area contributed by atoms with Crippen LogP contribution < -0.4 is 4.90 Å². The lowest BCUT2D eigenvalue weighted by Gasteiger charge is -2.17. The van der Waals surface area contributed by atoms with E-state index in [0.29, 0.717) is 11.6 Å². The van der Waals surface area contributed by atoms with E-state index in [1.54, 1.807) is 0 Å². The van der Waals surface area contributed by atoms with E-state index in [0.717, 1.165) is 11.3 Å². The number of hydrogen-bond donors (Lipinski definition) is 1. The van der Waals surface area contributed by atoms with Crippen LogP contribution in [0.3, 0.4) is 0 Å². The molecule has 1 rings (SSSR count). The lowest BCUT2D eigenvalue weighted by Crippen LogP contribution is -2.09. The molecule has 0 aliphatic rings. The number of nitrogens with one attached hydrogen (secondary N) is 1. The molecule has 0 aliphatic carbocycles. The van der Waals surface area contributed by atoms with Crippen molar-refractivity contribution in [2.75, 3.05) is 19.0 Å². The summed E-state index contributed by atoms with van der Waals surface area (Å²) in [4.78, 5) is 1.93. The lowest BCUT2D eigenvalue weighted by atomic mass is 10.2. The Balaban J connectivity index is 2.95. The Morgan fingerprint density at radius 3 is 2.79 bits per heavy atom. The summed E-state index contributed by atoms with van der Waals surface area (Å²) in [6.45, 7) is 0.351. The fraction of sp³-hybridized carbons (Fsp3) is 0.333. The molecule has 0 amide bonds. The summed E-state index contributed by atoms with van der Waals surface area (Å²) in [5.74, 6) is 0. The molecule has 1 aromatic carbocycles. The van der Waals surface area contributed by atoms with Gasteiger partial charge in [-0.05, 0) is 18.2 Å². The zero-order valence-electron chi connectivity index (χ0n) is 8.16. The minimum atomic E-state index is 0.351. The number of nitrogens with zero attached hydrogens (tertiary/aromatic N) is 3. The molecule has 0 aromatic heterocycles. The van der Waals surface area contributed by atoms with Crippen molar-refractivity contribution in [3.05, 3.63) is 34.2 Å². The molecule has 0 saturated heterocycles. The van der Waals surface area contributed by atoms with Crippen LogP contribution in [0.1, 0.15) is 5.56 Å².